The molecule has 6 nitrogen and oxygen atoms in total. The van der Waals surface area contributed by atoms with Gasteiger partial charge in [0.25, 0.3) is 0 Å². The molecule has 0 saturated carbocycles. The van der Waals surface area contributed by atoms with Crippen molar-refractivity contribution in [2.45, 2.75) is 25.9 Å². The van der Waals surface area contributed by atoms with E-state index in [0.29, 0.717) is 24.1 Å². The van der Waals surface area contributed by atoms with Crippen molar-refractivity contribution in [1.82, 2.24) is 10.6 Å². The number of nitrogens with one attached hydrogen (secondary N) is 3. The first-order valence-electron chi connectivity index (χ1n) is 9.42. The monoisotopic (exact) mass is 388 g/mol. The van der Waals surface area contributed by atoms with Crippen LogP contribution in [-0.4, -0.2) is 23.7 Å². The zero-order valence-electron chi connectivity index (χ0n) is 16.2. The molecule has 0 bridgehead atoms. The quantitative estimate of drug-likeness (QED) is 0.432. The molecule has 1 aliphatic rings. The molecule has 0 radical (unpaired) electrons. The number of hydrogen-bond donors (Lipinski definition) is 4. The van der Waals surface area contributed by atoms with E-state index in [1.54, 1.807) is 31.2 Å². The number of rotatable bonds is 7. The van der Waals surface area contributed by atoms with Crippen LogP contribution in [0.25, 0.3) is 5.57 Å². The lowest BCUT2D eigenvalue weighted by molar-refractivity contribution is -0.127. The molecular formula is C23H24N4O2. The zero-order chi connectivity index (χ0) is 20.8. The van der Waals surface area contributed by atoms with Crippen LogP contribution in [0.15, 0.2) is 72.3 Å². The molecule has 2 amide bonds. The van der Waals surface area contributed by atoms with Crippen LogP contribution in [0, 0.1) is 5.41 Å². The summed E-state index contributed by atoms with van der Waals surface area (Å²) in [6.45, 7) is 1.99. The van der Waals surface area contributed by atoms with Crippen LogP contribution in [0.5, 0.6) is 0 Å². The maximum Gasteiger partial charge on any atom is 0.248 e. The van der Waals surface area contributed by atoms with Crippen molar-refractivity contribution in [3.8, 4) is 0 Å². The van der Waals surface area contributed by atoms with E-state index in [-0.39, 0.29) is 17.6 Å². The Morgan fingerprint density at radius 1 is 1.10 bits per heavy atom. The summed E-state index contributed by atoms with van der Waals surface area (Å²) in [5, 5.41) is 13.0. The summed E-state index contributed by atoms with van der Waals surface area (Å²) < 4.78 is 0. The van der Waals surface area contributed by atoms with Crippen molar-refractivity contribution >= 4 is 23.2 Å². The number of benzene rings is 2. The first-order chi connectivity index (χ1) is 13.9. The fraction of sp³-hybridized carbons (Fsp3) is 0.174. The summed E-state index contributed by atoms with van der Waals surface area (Å²) in [6.07, 6.45) is 4.43. The Morgan fingerprint density at radius 2 is 1.79 bits per heavy atom. The Labute approximate surface area is 170 Å². The number of allylic oxidation sites excluding steroid dienone is 3. The number of amides is 2. The largest absolute Gasteiger partial charge is 0.384 e. The lowest BCUT2D eigenvalue weighted by Crippen LogP contribution is -2.44. The molecule has 6 heteroatoms. The Morgan fingerprint density at radius 3 is 2.45 bits per heavy atom. The SMILES string of the molecule is C[C@H](NC(=O)C1=CC(c2ccccc2)=CC1)C(=O)NCc1ccc(C(=N)N)cc1. The summed E-state index contributed by atoms with van der Waals surface area (Å²) >= 11 is 0. The van der Waals surface area contributed by atoms with E-state index < -0.39 is 6.04 Å². The molecule has 1 atom stereocenters. The average molecular weight is 388 g/mol. The molecule has 148 valence electrons. The second kappa shape index (κ2) is 9.01. The van der Waals surface area contributed by atoms with Gasteiger partial charge < -0.3 is 16.4 Å². The smallest absolute Gasteiger partial charge is 0.248 e. The molecule has 1 aliphatic carbocycles. The normalized spacial score (nSPS) is 13.8. The van der Waals surface area contributed by atoms with Crippen LogP contribution in [0.2, 0.25) is 0 Å². The van der Waals surface area contributed by atoms with Gasteiger partial charge in [-0.3, -0.25) is 15.0 Å². The highest BCUT2D eigenvalue weighted by Gasteiger charge is 2.20. The average Bonchev–Trinajstić information content (AvgIpc) is 3.23. The van der Waals surface area contributed by atoms with Gasteiger partial charge >= 0.3 is 0 Å². The van der Waals surface area contributed by atoms with E-state index in [2.05, 4.69) is 10.6 Å². The maximum atomic E-state index is 12.5. The number of carbonyl (C=O) groups is 2. The molecule has 0 spiro atoms. The molecule has 0 saturated heterocycles. The van der Waals surface area contributed by atoms with Gasteiger partial charge in [0, 0.05) is 17.7 Å². The van der Waals surface area contributed by atoms with Crippen LogP contribution in [0.3, 0.4) is 0 Å². The Kier molecular flexibility index (Phi) is 6.24. The number of nitrogen functional groups attached to an aromatic ring is 1. The number of hydrogen-bond acceptors (Lipinski definition) is 3. The summed E-state index contributed by atoms with van der Waals surface area (Å²) in [4.78, 5) is 24.8. The predicted molar refractivity (Wildman–Crippen MR) is 114 cm³/mol. The van der Waals surface area contributed by atoms with Crippen LogP contribution in [0.1, 0.15) is 30.0 Å². The van der Waals surface area contributed by atoms with E-state index in [1.807, 2.05) is 42.5 Å². The van der Waals surface area contributed by atoms with Gasteiger partial charge in [-0.15, -0.1) is 0 Å². The van der Waals surface area contributed by atoms with Crippen LogP contribution < -0.4 is 16.4 Å². The Bertz CT molecular complexity index is 976. The third kappa shape index (κ3) is 5.19. The molecule has 5 N–H and O–H groups in total. The van der Waals surface area contributed by atoms with Gasteiger partial charge in [-0.1, -0.05) is 60.7 Å². The van der Waals surface area contributed by atoms with Crippen molar-refractivity contribution < 1.29 is 9.59 Å². The van der Waals surface area contributed by atoms with E-state index in [9.17, 15) is 9.59 Å². The van der Waals surface area contributed by atoms with Gasteiger partial charge in [0.05, 0.1) is 0 Å². The van der Waals surface area contributed by atoms with Gasteiger partial charge in [-0.25, -0.2) is 0 Å². The van der Waals surface area contributed by atoms with Crippen LogP contribution in [-0.2, 0) is 16.1 Å². The minimum atomic E-state index is -0.652. The third-order valence-electron chi connectivity index (χ3n) is 4.74. The van der Waals surface area contributed by atoms with Crippen molar-refractivity contribution in [3.05, 3.63) is 89.0 Å². The molecule has 0 aromatic heterocycles. The molecule has 0 heterocycles. The number of nitrogens with two attached hydrogens (primary N) is 1. The van der Waals surface area contributed by atoms with E-state index in [0.717, 1.165) is 16.7 Å². The minimum absolute atomic E-state index is 0.00282. The van der Waals surface area contributed by atoms with E-state index in [4.69, 9.17) is 11.1 Å². The van der Waals surface area contributed by atoms with E-state index in [1.165, 1.54) is 0 Å². The van der Waals surface area contributed by atoms with Gasteiger partial charge in [-0.2, -0.15) is 0 Å². The van der Waals surface area contributed by atoms with Crippen molar-refractivity contribution in [2.75, 3.05) is 0 Å². The maximum absolute atomic E-state index is 12.5. The molecule has 29 heavy (non-hydrogen) atoms. The molecule has 0 fully saturated rings. The van der Waals surface area contributed by atoms with Crippen LogP contribution >= 0.6 is 0 Å². The summed E-state index contributed by atoms with van der Waals surface area (Å²) in [5.74, 6) is -0.493. The predicted octanol–water partition coefficient (Wildman–Crippen LogP) is 2.51. The topological polar surface area (TPSA) is 108 Å². The summed E-state index contributed by atoms with van der Waals surface area (Å²) in [7, 11) is 0. The third-order valence-corrected chi connectivity index (χ3v) is 4.74. The molecule has 0 aliphatic heterocycles. The molecule has 3 rings (SSSR count). The lowest BCUT2D eigenvalue weighted by atomic mass is 10.1. The Balaban J connectivity index is 1.50. The van der Waals surface area contributed by atoms with Crippen molar-refractivity contribution in [1.29, 1.82) is 5.41 Å². The highest BCUT2D eigenvalue weighted by atomic mass is 16.2. The van der Waals surface area contributed by atoms with Crippen molar-refractivity contribution in [2.24, 2.45) is 5.73 Å². The Hall–Kier alpha value is -3.67. The lowest BCUT2D eigenvalue weighted by Gasteiger charge is -2.14. The number of amidine groups is 1. The minimum Gasteiger partial charge on any atom is -0.384 e. The molecule has 2 aromatic carbocycles. The van der Waals surface area contributed by atoms with Gasteiger partial charge in [0.2, 0.25) is 11.8 Å². The highest BCUT2D eigenvalue weighted by Crippen LogP contribution is 2.26. The van der Waals surface area contributed by atoms with Gasteiger partial charge in [0.15, 0.2) is 0 Å². The zero-order valence-corrected chi connectivity index (χ0v) is 16.2. The second-order valence-electron chi connectivity index (χ2n) is 6.92. The van der Waals surface area contributed by atoms with Gasteiger partial charge in [0.1, 0.15) is 11.9 Å². The molecule has 0 unspecified atom stereocenters. The number of carbonyl (C=O) groups excluding carboxylic acids is 2. The first-order valence-corrected chi connectivity index (χ1v) is 9.42. The van der Waals surface area contributed by atoms with Crippen molar-refractivity contribution in [3.63, 3.8) is 0 Å². The standard InChI is InChI=1S/C23H24N4O2/c1-15(22(28)26-14-16-7-9-18(10-8-16)21(24)25)27-23(29)20-12-11-19(13-20)17-5-3-2-4-6-17/h2-11,13,15H,12,14H2,1H3,(H3,24,25)(H,26,28)(H,27,29)/t15-/m0/s1. The van der Waals surface area contributed by atoms with Gasteiger partial charge in [-0.05, 0) is 36.1 Å². The van der Waals surface area contributed by atoms with Crippen LogP contribution in [0.4, 0.5) is 0 Å². The molecule has 2 aromatic rings. The fourth-order valence-corrected chi connectivity index (χ4v) is 3.01. The summed E-state index contributed by atoms with van der Waals surface area (Å²) in [6, 6.07) is 16.3. The molecular weight excluding hydrogens is 364 g/mol. The van der Waals surface area contributed by atoms with E-state index >= 15 is 0 Å². The summed E-state index contributed by atoms with van der Waals surface area (Å²) in [5.41, 5.74) is 9.67. The fourth-order valence-electron chi connectivity index (χ4n) is 3.01. The first kappa shape index (κ1) is 20.1. The second-order valence-corrected chi connectivity index (χ2v) is 6.92. The highest BCUT2D eigenvalue weighted by molar-refractivity contribution is 6.01.